The summed E-state index contributed by atoms with van der Waals surface area (Å²) in [5.74, 6) is 1.55. The lowest BCUT2D eigenvalue weighted by Crippen LogP contribution is -1.95. The molecule has 0 aliphatic heterocycles. The minimum atomic E-state index is 0.645. The molecule has 4 heteroatoms. The maximum atomic E-state index is 4.35. The Balaban J connectivity index is 2.10. The van der Waals surface area contributed by atoms with Gasteiger partial charge in [-0.1, -0.05) is 0 Å². The number of anilines is 1. The molecule has 0 aromatic carbocycles. The average Bonchev–Trinajstić information content (AvgIpc) is 3.07. The van der Waals surface area contributed by atoms with E-state index in [2.05, 4.69) is 26.6 Å². The van der Waals surface area contributed by atoms with E-state index in [4.69, 9.17) is 0 Å². The predicted octanol–water partition coefficient (Wildman–Crippen LogP) is 2.39. The van der Waals surface area contributed by atoms with E-state index >= 15 is 0 Å². The number of hydrogen-bond donors (Lipinski definition) is 2. The first-order valence-corrected chi connectivity index (χ1v) is 5.57. The number of aromatic amines is 1. The monoisotopic (exact) mass is 214 g/mol. The standard InChI is InChI=1S/C12H14N4/c1-13-12-9(3-2-6-14-12)10-7-15-16-11(10)8-4-5-8/h2-3,6-8H,4-5H2,1H3,(H,13,14)(H,15,16). The molecular formula is C12H14N4. The highest BCUT2D eigenvalue weighted by molar-refractivity contribution is 5.76. The van der Waals surface area contributed by atoms with Crippen molar-refractivity contribution in [2.75, 3.05) is 12.4 Å². The quantitative estimate of drug-likeness (QED) is 0.824. The fourth-order valence-electron chi connectivity index (χ4n) is 2.01. The van der Waals surface area contributed by atoms with Crippen molar-refractivity contribution < 1.29 is 0 Å². The van der Waals surface area contributed by atoms with Crippen LogP contribution in [-0.2, 0) is 0 Å². The Bertz CT molecular complexity index is 499. The molecule has 1 aliphatic rings. The average molecular weight is 214 g/mol. The number of pyridine rings is 1. The summed E-state index contributed by atoms with van der Waals surface area (Å²) in [6, 6.07) is 4.04. The summed E-state index contributed by atoms with van der Waals surface area (Å²) < 4.78 is 0. The molecule has 0 unspecified atom stereocenters. The SMILES string of the molecule is CNc1ncccc1-c1c[nH]nc1C1CC1. The van der Waals surface area contributed by atoms with Crippen molar-refractivity contribution in [2.45, 2.75) is 18.8 Å². The second kappa shape index (κ2) is 3.63. The van der Waals surface area contributed by atoms with Crippen LogP contribution in [0, 0.1) is 0 Å². The lowest BCUT2D eigenvalue weighted by atomic mass is 10.1. The minimum Gasteiger partial charge on any atom is -0.373 e. The zero-order valence-corrected chi connectivity index (χ0v) is 9.20. The van der Waals surface area contributed by atoms with E-state index in [1.807, 2.05) is 19.3 Å². The second-order valence-electron chi connectivity index (χ2n) is 4.11. The predicted molar refractivity (Wildman–Crippen MR) is 63.3 cm³/mol. The summed E-state index contributed by atoms with van der Waals surface area (Å²) in [5, 5.41) is 10.4. The van der Waals surface area contributed by atoms with Gasteiger partial charge in [0.2, 0.25) is 0 Å². The summed E-state index contributed by atoms with van der Waals surface area (Å²) in [4.78, 5) is 4.32. The molecule has 0 saturated heterocycles. The van der Waals surface area contributed by atoms with Gasteiger partial charge in [0.25, 0.3) is 0 Å². The Kier molecular flexibility index (Phi) is 2.13. The van der Waals surface area contributed by atoms with E-state index in [-0.39, 0.29) is 0 Å². The zero-order valence-electron chi connectivity index (χ0n) is 9.20. The first kappa shape index (κ1) is 9.39. The van der Waals surface area contributed by atoms with Crippen molar-refractivity contribution in [1.29, 1.82) is 0 Å². The lowest BCUT2D eigenvalue weighted by molar-refractivity contribution is 0.966. The third-order valence-corrected chi connectivity index (χ3v) is 2.97. The van der Waals surface area contributed by atoms with Crippen molar-refractivity contribution in [3.63, 3.8) is 0 Å². The van der Waals surface area contributed by atoms with E-state index in [0.29, 0.717) is 5.92 Å². The van der Waals surface area contributed by atoms with Crippen LogP contribution in [-0.4, -0.2) is 22.2 Å². The maximum Gasteiger partial charge on any atom is 0.133 e. The molecule has 2 heterocycles. The Morgan fingerprint density at radius 1 is 1.38 bits per heavy atom. The number of aromatic nitrogens is 3. The molecule has 1 aliphatic carbocycles. The summed E-state index contributed by atoms with van der Waals surface area (Å²) in [6.07, 6.45) is 6.28. The van der Waals surface area contributed by atoms with Gasteiger partial charge in [-0.2, -0.15) is 5.10 Å². The Morgan fingerprint density at radius 2 is 2.25 bits per heavy atom. The second-order valence-corrected chi connectivity index (χ2v) is 4.11. The molecule has 16 heavy (non-hydrogen) atoms. The van der Waals surface area contributed by atoms with Gasteiger partial charge < -0.3 is 5.32 Å². The molecule has 0 bridgehead atoms. The van der Waals surface area contributed by atoms with Crippen molar-refractivity contribution in [3.8, 4) is 11.1 Å². The van der Waals surface area contributed by atoms with Gasteiger partial charge in [-0.3, -0.25) is 5.10 Å². The topological polar surface area (TPSA) is 53.6 Å². The van der Waals surface area contributed by atoms with Crippen LogP contribution in [0.15, 0.2) is 24.5 Å². The summed E-state index contributed by atoms with van der Waals surface area (Å²) in [7, 11) is 1.89. The van der Waals surface area contributed by atoms with E-state index in [1.165, 1.54) is 24.1 Å². The highest BCUT2D eigenvalue weighted by Crippen LogP contribution is 2.43. The van der Waals surface area contributed by atoms with Gasteiger partial charge in [0.05, 0.1) is 5.69 Å². The molecular weight excluding hydrogens is 200 g/mol. The first-order valence-electron chi connectivity index (χ1n) is 5.57. The highest BCUT2D eigenvalue weighted by Gasteiger charge is 2.29. The zero-order chi connectivity index (χ0) is 11.0. The number of nitrogens with one attached hydrogen (secondary N) is 2. The fourth-order valence-corrected chi connectivity index (χ4v) is 2.01. The summed E-state index contributed by atoms with van der Waals surface area (Å²) in [6.45, 7) is 0. The van der Waals surface area contributed by atoms with Crippen molar-refractivity contribution in [2.24, 2.45) is 0 Å². The molecule has 0 amide bonds. The van der Waals surface area contributed by atoms with Gasteiger partial charge in [0.15, 0.2) is 0 Å². The number of rotatable bonds is 3. The first-order chi connectivity index (χ1) is 7.90. The molecule has 2 aromatic rings. The summed E-state index contributed by atoms with van der Waals surface area (Å²) in [5.41, 5.74) is 3.49. The number of H-pyrrole nitrogens is 1. The van der Waals surface area contributed by atoms with Gasteiger partial charge in [0.1, 0.15) is 5.82 Å². The molecule has 4 nitrogen and oxygen atoms in total. The molecule has 1 fully saturated rings. The molecule has 2 N–H and O–H groups in total. The smallest absolute Gasteiger partial charge is 0.133 e. The van der Waals surface area contributed by atoms with Crippen LogP contribution in [0.4, 0.5) is 5.82 Å². The fraction of sp³-hybridized carbons (Fsp3) is 0.333. The Hall–Kier alpha value is -1.84. The molecule has 2 aromatic heterocycles. The van der Waals surface area contributed by atoms with Gasteiger partial charge in [-0.05, 0) is 25.0 Å². The number of nitrogens with zero attached hydrogens (tertiary/aromatic N) is 2. The van der Waals surface area contributed by atoms with E-state index in [9.17, 15) is 0 Å². The molecule has 0 spiro atoms. The summed E-state index contributed by atoms with van der Waals surface area (Å²) >= 11 is 0. The number of hydrogen-bond acceptors (Lipinski definition) is 3. The molecule has 3 rings (SSSR count). The van der Waals surface area contributed by atoms with Crippen LogP contribution in [0.5, 0.6) is 0 Å². The van der Waals surface area contributed by atoms with Gasteiger partial charge >= 0.3 is 0 Å². The Morgan fingerprint density at radius 3 is 3.00 bits per heavy atom. The largest absolute Gasteiger partial charge is 0.373 e. The minimum absolute atomic E-state index is 0.645. The maximum absolute atomic E-state index is 4.35. The van der Waals surface area contributed by atoms with E-state index in [1.54, 1.807) is 6.20 Å². The molecule has 1 saturated carbocycles. The van der Waals surface area contributed by atoms with Crippen LogP contribution in [0.1, 0.15) is 24.5 Å². The third-order valence-electron chi connectivity index (χ3n) is 2.97. The van der Waals surface area contributed by atoms with E-state index in [0.717, 1.165) is 11.4 Å². The normalized spacial score (nSPS) is 15.1. The van der Waals surface area contributed by atoms with Crippen LogP contribution >= 0.6 is 0 Å². The van der Waals surface area contributed by atoms with Crippen LogP contribution in [0.2, 0.25) is 0 Å². The van der Waals surface area contributed by atoms with Crippen molar-refractivity contribution in [1.82, 2.24) is 15.2 Å². The van der Waals surface area contributed by atoms with Crippen LogP contribution < -0.4 is 5.32 Å². The van der Waals surface area contributed by atoms with Crippen molar-refractivity contribution >= 4 is 5.82 Å². The van der Waals surface area contributed by atoms with Crippen LogP contribution in [0.25, 0.3) is 11.1 Å². The molecule has 0 radical (unpaired) electrons. The molecule has 0 atom stereocenters. The lowest BCUT2D eigenvalue weighted by Gasteiger charge is -2.07. The van der Waals surface area contributed by atoms with E-state index < -0.39 is 0 Å². The van der Waals surface area contributed by atoms with Crippen molar-refractivity contribution in [3.05, 3.63) is 30.2 Å². The third kappa shape index (κ3) is 1.46. The van der Waals surface area contributed by atoms with Gasteiger partial charge in [0, 0.05) is 36.5 Å². The Labute approximate surface area is 94.1 Å². The van der Waals surface area contributed by atoms with Crippen LogP contribution in [0.3, 0.4) is 0 Å². The van der Waals surface area contributed by atoms with Gasteiger partial charge in [-0.15, -0.1) is 0 Å². The molecule has 82 valence electrons. The highest BCUT2D eigenvalue weighted by atomic mass is 15.1. The van der Waals surface area contributed by atoms with Gasteiger partial charge in [-0.25, -0.2) is 4.98 Å².